The molecule has 1 aromatic carbocycles. The molecule has 2 rings (SSSR count). The van der Waals surface area contributed by atoms with Gasteiger partial charge in [0.25, 0.3) is 0 Å². The number of halogens is 2. The summed E-state index contributed by atoms with van der Waals surface area (Å²) in [6.45, 7) is 3.12. The average molecular weight is 335 g/mol. The molecule has 0 N–H and O–H groups in total. The number of aryl methyl sites for hydroxylation is 1. The van der Waals surface area contributed by atoms with Gasteiger partial charge in [0.2, 0.25) is 5.89 Å². The van der Waals surface area contributed by atoms with Gasteiger partial charge in [-0.25, -0.2) is 8.42 Å². The fourth-order valence-corrected chi connectivity index (χ4v) is 3.68. The van der Waals surface area contributed by atoms with Gasteiger partial charge in [0.05, 0.1) is 5.75 Å². The molecule has 1 atom stereocenters. The van der Waals surface area contributed by atoms with Crippen molar-refractivity contribution in [1.82, 2.24) is 10.1 Å². The topological polar surface area (TPSA) is 73.1 Å². The molecular weight excluding hydrogens is 323 g/mol. The van der Waals surface area contributed by atoms with Gasteiger partial charge in [0.15, 0.2) is 15.7 Å². The van der Waals surface area contributed by atoms with E-state index < -0.39 is 15.1 Å². The molecule has 0 aliphatic rings. The Morgan fingerprint density at radius 3 is 2.40 bits per heavy atom. The van der Waals surface area contributed by atoms with Crippen LogP contribution in [0.5, 0.6) is 0 Å². The summed E-state index contributed by atoms with van der Waals surface area (Å²) >= 11 is 12.0. The average Bonchev–Trinajstić information content (AvgIpc) is 2.80. The zero-order valence-corrected chi connectivity index (χ0v) is 13.1. The molecule has 0 saturated heterocycles. The lowest BCUT2D eigenvalue weighted by atomic mass is 10.2. The van der Waals surface area contributed by atoms with Crippen LogP contribution in [0.25, 0.3) is 0 Å². The highest BCUT2D eigenvalue weighted by atomic mass is 35.5. The molecular formula is C12H12Cl2N2O3S. The Morgan fingerprint density at radius 1 is 1.30 bits per heavy atom. The van der Waals surface area contributed by atoms with Crippen molar-refractivity contribution < 1.29 is 12.9 Å². The SMILES string of the molecule is Cc1noc([C@@H](C)S(=O)(=O)Cc2c(Cl)cccc2Cl)n1. The highest BCUT2D eigenvalue weighted by Gasteiger charge is 2.29. The van der Waals surface area contributed by atoms with Crippen molar-refractivity contribution in [3.8, 4) is 0 Å². The lowest BCUT2D eigenvalue weighted by Crippen LogP contribution is -2.13. The van der Waals surface area contributed by atoms with E-state index in [2.05, 4.69) is 10.1 Å². The number of rotatable bonds is 4. The van der Waals surface area contributed by atoms with Crippen molar-refractivity contribution in [1.29, 1.82) is 0 Å². The molecule has 1 aromatic heterocycles. The monoisotopic (exact) mass is 334 g/mol. The van der Waals surface area contributed by atoms with Crippen LogP contribution in [0.3, 0.4) is 0 Å². The normalized spacial score (nSPS) is 13.4. The van der Waals surface area contributed by atoms with E-state index in [4.69, 9.17) is 27.7 Å². The van der Waals surface area contributed by atoms with E-state index in [0.717, 1.165) is 0 Å². The maximum absolute atomic E-state index is 12.4. The number of aromatic nitrogens is 2. The largest absolute Gasteiger partial charge is 0.338 e. The molecule has 0 aliphatic heterocycles. The molecule has 20 heavy (non-hydrogen) atoms. The van der Waals surface area contributed by atoms with Crippen LogP contribution < -0.4 is 0 Å². The molecule has 0 radical (unpaired) electrons. The van der Waals surface area contributed by atoms with E-state index in [9.17, 15) is 8.42 Å². The quantitative estimate of drug-likeness (QED) is 0.856. The molecule has 0 fully saturated rings. The number of sulfone groups is 1. The van der Waals surface area contributed by atoms with E-state index in [1.54, 1.807) is 25.1 Å². The van der Waals surface area contributed by atoms with Crippen LogP contribution in [0.15, 0.2) is 22.7 Å². The van der Waals surface area contributed by atoms with Gasteiger partial charge in [-0.15, -0.1) is 0 Å². The number of nitrogens with zero attached hydrogens (tertiary/aromatic N) is 2. The molecule has 0 saturated carbocycles. The van der Waals surface area contributed by atoms with Gasteiger partial charge < -0.3 is 4.52 Å². The number of hydrogen-bond acceptors (Lipinski definition) is 5. The summed E-state index contributed by atoms with van der Waals surface area (Å²) in [7, 11) is -3.56. The third-order valence-corrected chi connectivity index (χ3v) is 5.52. The van der Waals surface area contributed by atoms with Crippen molar-refractivity contribution in [2.45, 2.75) is 24.9 Å². The van der Waals surface area contributed by atoms with Crippen LogP contribution in [-0.4, -0.2) is 18.6 Å². The second-order valence-electron chi connectivity index (χ2n) is 4.33. The molecule has 108 valence electrons. The summed E-state index contributed by atoms with van der Waals surface area (Å²) < 4.78 is 29.6. The zero-order valence-electron chi connectivity index (χ0n) is 10.8. The van der Waals surface area contributed by atoms with Crippen LogP contribution in [0, 0.1) is 6.92 Å². The predicted octanol–water partition coefficient (Wildman–Crippen LogP) is 3.36. The first kappa shape index (κ1) is 15.3. The van der Waals surface area contributed by atoms with Gasteiger partial charge in [-0.3, -0.25) is 0 Å². The molecule has 8 heteroatoms. The molecule has 0 bridgehead atoms. The van der Waals surface area contributed by atoms with Crippen molar-refractivity contribution in [3.05, 3.63) is 45.5 Å². The molecule has 5 nitrogen and oxygen atoms in total. The molecule has 0 spiro atoms. The summed E-state index contributed by atoms with van der Waals surface area (Å²) in [5, 5.41) is 3.30. The summed E-state index contributed by atoms with van der Waals surface area (Å²) in [6.07, 6.45) is 0. The first-order valence-corrected chi connectivity index (χ1v) is 8.23. The van der Waals surface area contributed by atoms with Crippen molar-refractivity contribution in [3.63, 3.8) is 0 Å². The van der Waals surface area contributed by atoms with Gasteiger partial charge in [0, 0.05) is 15.6 Å². The minimum absolute atomic E-state index is 0.0608. The Bertz CT molecular complexity index is 708. The number of hydrogen-bond donors (Lipinski definition) is 0. The third kappa shape index (κ3) is 3.13. The van der Waals surface area contributed by atoms with Crippen LogP contribution in [0.4, 0.5) is 0 Å². The Morgan fingerprint density at radius 2 is 1.90 bits per heavy atom. The lowest BCUT2D eigenvalue weighted by Gasteiger charge is -2.11. The minimum atomic E-state index is -3.56. The number of benzene rings is 1. The summed E-state index contributed by atoms with van der Waals surface area (Å²) in [5.74, 6) is 0.164. The standard InChI is InChI=1S/C12H12Cl2N2O3S/c1-7(12-15-8(2)16-19-12)20(17,18)6-9-10(13)4-3-5-11(9)14/h3-5,7H,6H2,1-2H3/t7-/m1/s1. The van der Waals surface area contributed by atoms with E-state index in [-0.39, 0.29) is 11.6 Å². The van der Waals surface area contributed by atoms with Gasteiger partial charge >= 0.3 is 0 Å². The second-order valence-corrected chi connectivity index (χ2v) is 7.47. The van der Waals surface area contributed by atoms with E-state index in [0.29, 0.717) is 21.4 Å². The third-order valence-electron chi connectivity index (χ3n) is 2.84. The molecule has 0 amide bonds. The van der Waals surface area contributed by atoms with Crippen LogP contribution in [0.2, 0.25) is 10.0 Å². The summed E-state index contributed by atoms with van der Waals surface area (Å²) in [6, 6.07) is 4.85. The fourth-order valence-electron chi connectivity index (χ4n) is 1.63. The zero-order chi connectivity index (χ0) is 14.9. The summed E-state index contributed by atoms with van der Waals surface area (Å²) in [5.41, 5.74) is 0.374. The summed E-state index contributed by atoms with van der Waals surface area (Å²) in [4.78, 5) is 3.94. The first-order valence-electron chi connectivity index (χ1n) is 5.76. The maximum atomic E-state index is 12.4. The Hall–Kier alpha value is -1.11. The Kier molecular flexibility index (Phi) is 4.36. The second kappa shape index (κ2) is 5.71. The maximum Gasteiger partial charge on any atom is 0.244 e. The first-order chi connectivity index (χ1) is 9.31. The lowest BCUT2D eigenvalue weighted by molar-refractivity contribution is 0.373. The van der Waals surface area contributed by atoms with Crippen LogP contribution in [0.1, 0.15) is 29.5 Å². The van der Waals surface area contributed by atoms with Crippen LogP contribution >= 0.6 is 23.2 Å². The molecule has 0 unspecified atom stereocenters. The Labute approximate surface area is 126 Å². The minimum Gasteiger partial charge on any atom is -0.338 e. The van der Waals surface area contributed by atoms with Crippen molar-refractivity contribution in [2.24, 2.45) is 0 Å². The van der Waals surface area contributed by atoms with Gasteiger partial charge in [0.1, 0.15) is 5.25 Å². The molecule has 0 aliphatic carbocycles. The van der Waals surface area contributed by atoms with Crippen molar-refractivity contribution in [2.75, 3.05) is 0 Å². The van der Waals surface area contributed by atoms with Crippen LogP contribution in [-0.2, 0) is 15.6 Å². The predicted molar refractivity (Wildman–Crippen MR) is 76.5 cm³/mol. The molecule has 1 heterocycles. The van der Waals surface area contributed by atoms with Gasteiger partial charge in [-0.1, -0.05) is 34.4 Å². The van der Waals surface area contributed by atoms with E-state index in [1.807, 2.05) is 0 Å². The van der Waals surface area contributed by atoms with Crippen molar-refractivity contribution >= 4 is 33.0 Å². The Balaban J connectivity index is 2.32. The highest BCUT2D eigenvalue weighted by molar-refractivity contribution is 7.90. The van der Waals surface area contributed by atoms with Gasteiger partial charge in [-0.2, -0.15) is 4.98 Å². The van der Waals surface area contributed by atoms with E-state index >= 15 is 0 Å². The van der Waals surface area contributed by atoms with Gasteiger partial charge in [-0.05, 0) is 26.0 Å². The highest BCUT2D eigenvalue weighted by Crippen LogP contribution is 2.30. The molecule has 2 aromatic rings. The fraction of sp³-hybridized carbons (Fsp3) is 0.333. The van der Waals surface area contributed by atoms with E-state index in [1.165, 1.54) is 6.92 Å². The smallest absolute Gasteiger partial charge is 0.244 e.